The van der Waals surface area contributed by atoms with Crippen LogP contribution in [-0.2, 0) is 11.9 Å². The number of carbonyl (C=O) groups excluding carboxylic acids is 1. The van der Waals surface area contributed by atoms with Gasteiger partial charge in [0.1, 0.15) is 5.84 Å². The third-order valence-corrected chi connectivity index (χ3v) is 5.35. The van der Waals surface area contributed by atoms with Gasteiger partial charge in [-0.25, -0.2) is 0 Å². The van der Waals surface area contributed by atoms with Crippen molar-refractivity contribution in [1.29, 1.82) is 0 Å². The van der Waals surface area contributed by atoms with Crippen LogP contribution in [0.3, 0.4) is 0 Å². The van der Waals surface area contributed by atoms with Crippen molar-refractivity contribution in [2.45, 2.75) is 45.3 Å². The second-order valence-electron chi connectivity index (χ2n) is 7.28. The number of hydrogen-bond donors (Lipinski definition) is 1. The van der Waals surface area contributed by atoms with E-state index < -0.39 is 0 Å². The molecule has 7 nitrogen and oxygen atoms in total. The van der Waals surface area contributed by atoms with Gasteiger partial charge in [0.15, 0.2) is 5.69 Å². The van der Waals surface area contributed by atoms with Crippen molar-refractivity contribution in [3.8, 4) is 0 Å². The molecule has 7 heteroatoms. The van der Waals surface area contributed by atoms with E-state index in [1.54, 1.807) is 4.68 Å². The highest BCUT2D eigenvalue weighted by atomic mass is 16.7. The monoisotopic (exact) mass is 331 g/mol. The summed E-state index contributed by atoms with van der Waals surface area (Å²) >= 11 is 0. The Morgan fingerprint density at radius 1 is 1.33 bits per heavy atom. The van der Waals surface area contributed by atoms with E-state index in [2.05, 4.69) is 15.6 Å². The van der Waals surface area contributed by atoms with Gasteiger partial charge in [0.05, 0.1) is 0 Å². The Bertz CT molecular complexity index is 636. The first kappa shape index (κ1) is 15.5. The highest BCUT2D eigenvalue weighted by Crippen LogP contribution is 2.35. The number of rotatable bonds is 4. The predicted molar refractivity (Wildman–Crippen MR) is 89.4 cm³/mol. The van der Waals surface area contributed by atoms with E-state index in [1.807, 2.05) is 24.9 Å². The van der Waals surface area contributed by atoms with Crippen molar-refractivity contribution in [3.63, 3.8) is 0 Å². The zero-order valence-corrected chi connectivity index (χ0v) is 14.4. The van der Waals surface area contributed by atoms with Crippen LogP contribution in [0.25, 0.3) is 0 Å². The molecule has 4 rings (SSSR count). The average Bonchev–Trinajstić information content (AvgIpc) is 3.24. The molecule has 2 aliphatic heterocycles. The largest absolute Gasteiger partial charge is 0.369 e. The van der Waals surface area contributed by atoms with Crippen LogP contribution < -0.4 is 5.32 Å². The predicted octanol–water partition coefficient (Wildman–Crippen LogP) is 1.64. The molecule has 1 aliphatic carbocycles. The van der Waals surface area contributed by atoms with Gasteiger partial charge in [-0.2, -0.15) is 5.10 Å². The summed E-state index contributed by atoms with van der Waals surface area (Å²) in [4.78, 5) is 19.9. The average molecular weight is 331 g/mol. The highest BCUT2D eigenvalue weighted by molar-refractivity contribution is 5.92. The van der Waals surface area contributed by atoms with Gasteiger partial charge in [0.2, 0.25) is 6.23 Å². The van der Waals surface area contributed by atoms with E-state index in [0.29, 0.717) is 17.5 Å². The summed E-state index contributed by atoms with van der Waals surface area (Å²) < 4.78 is 1.75. The van der Waals surface area contributed by atoms with Crippen LogP contribution in [0, 0.1) is 18.8 Å². The number of oxime groups is 1. The maximum atomic E-state index is 12.5. The van der Waals surface area contributed by atoms with Crippen LogP contribution in [0.1, 0.15) is 48.3 Å². The van der Waals surface area contributed by atoms with Crippen molar-refractivity contribution in [1.82, 2.24) is 20.0 Å². The zero-order chi connectivity index (χ0) is 16.7. The first-order chi connectivity index (χ1) is 11.6. The molecule has 1 aromatic rings. The third-order valence-electron chi connectivity index (χ3n) is 5.35. The molecule has 0 spiro atoms. The summed E-state index contributed by atoms with van der Waals surface area (Å²) in [6, 6.07) is 1.86. The molecule has 1 N–H and O–H groups in total. The Balaban J connectivity index is 1.26. The minimum Gasteiger partial charge on any atom is -0.369 e. The van der Waals surface area contributed by atoms with Gasteiger partial charge < -0.3 is 15.1 Å². The van der Waals surface area contributed by atoms with Crippen LogP contribution in [0.4, 0.5) is 0 Å². The van der Waals surface area contributed by atoms with Gasteiger partial charge in [-0.3, -0.25) is 9.48 Å². The van der Waals surface area contributed by atoms with Gasteiger partial charge in [-0.1, -0.05) is 5.16 Å². The third kappa shape index (κ3) is 3.12. The fourth-order valence-electron chi connectivity index (χ4n) is 3.48. The minimum absolute atomic E-state index is 0.0469. The molecule has 1 atom stereocenters. The van der Waals surface area contributed by atoms with E-state index in [-0.39, 0.29) is 12.1 Å². The molecule has 0 bridgehead atoms. The number of hydrogen-bond acceptors (Lipinski definition) is 5. The molecular weight excluding hydrogens is 306 g/mol. The molecule has 3 aliphatic rings. The number of nitrogens with one attached hydrogen (secondary N) is 1. The number of aromatic nitrogens is 2. The Morgan fingerprint density at radius 3 is 2.71 bits per heavy atom. The van der Waals surface area contributed by atoms with Crippen molar-refractivity contribution in [2.75, 3.05) is 13.1 Å². The minimum atomic E-state index is 0.0469. The topological polar surface area (TPSA) is 71.8 Å². The van der Waals surface area contributed by atoms with Gasteiger partial charge in [-0.15, -0.1) is 0 Å². The lowest BCUT2D eigenvalue weighted by atomic mass is 9.93. The van der Waals surface area contributed by atoms with Crippen LogP contribution in [0.5, 0.6) is 0 Å². The second kappa shape index (κ2) is 6.11. The molecule has 1 unspecified atom stereocenters. The summed E-state index contributed by atoms with van der Waals surface area (Å²) in [6.07, 6.45) is 5.53. The van der Waals surface area contributed by atoms with Gasteiger partial charge in [-0.05, 0) is 44.6 Å². The summed E-state index contributed by atoms with van der Waals surface area (Å²) in [6.45, 7) is 3.54. The summed E-state index contributed by atoms with van der Waals surface area (Å²) in [5, 5.41) is 11.9. The molecule has 24 heavy (non-hydrogen) atoms. The van der Waals surface area contributed by atoms with E-state index in [1.165, 1.54) is 12.8 Å². The van der Waals surface area contributed by atoms with Crippen molar-refractivity contribution < 1.29 is 9.63 Å². The summed E-state index contributed by atoms with van der Waals surface area (Å²) in [5.74, 6) is 2.24. The number of piperidine rings is 1. The van der Waals surface area contributed by atoms with Crippen LogP contribution in [-0.4, -0.2) is 45.7 Å². The van der Waals surface area contributed by atoms with Gasteiger partial charge in [0.25, 0.3) is 5.91 Å². The fourth-order valence-corrected chi connectivity index (χ4v) is 3.48. The number of amidine groups is 1. The van der Waals surface area contributed by atoms with E-state index in [4.69, 9.17) is 4.84 Å². The SMILES string of the molecule is Cc1cc(C(=O)N2CCC(CC3=NOC(C4CC4)N3)CC2)nn1C. The highest BCUT2D eigenvalue weighted by Gasteiger charge is 2.37. The molecule has 2 fully saturated rings. The standard InChI is InChI=1S/C17H25N5O2/c1-11-9-14(19-21(11)2)17(23)22-7-5-12(6-8-22)10-15-18-16(24-20-15)13-3-4-13/h9,12-13,16H,3-8,10H2,1-2H3,(H,18,20). The molecule has 0 aromatic carbocycles. The van der Waals surface area contributed by atoms with Crippen molar-refractivity contribution in [3.05, 3.63) is 17.5 Å². The summed E-state index contributed by atoms with van der Waals surface area (Å²) in [7, 11) is 1.87. The maximum Gasteiger partial charge on any atom is 0.274 e. The van der Waals surface area contributed by atoms with Crippen LogP contribution >= 0.6 is 0 Å². The Kier molecular flexibility index (Phi) is 3.94. The maximum absolute atomic E-state index is 12.5. The van der Waals surface area contributed by atoms with Gasteiger partial charge in [0, 0.05) is 38.2 Å². The van der Waals surface area contributed by atoms with E-state index in [9.17, 15) is 4.79 Å². The second-order valence-corrected chi connectivity index (χ2v) is 7.28. The Hall–Kier alpha value is -2.05. The Morgan fingerprint density at radius 2 is 2.08 bits per heavy atom. The number of amides is 1. The quantitative estimate of drug-likeness (QED) is 0.910. The van der Waals surface area contributed by atoms with Crippen molar-refractivity contribution >= 4 is 11.7 Å². The van der Waals surface area contributed by atoms with Gasteiger partial charge >= 0.3 is 0 Å². The number of nitrogens with zero attached hydrogens (tertiary/aromatic N) is 4. The first-order valence-electron chi connectivity index (χ1n) is 8.89. The normalized spacial score (nSPS) is 24.5. The molecule has 1 aromatic heterocycles. The van der Waals surface area contributed by atoms with E-state index >= 15 is 0 Å². The lowest BCUT2D eigenvalue weighted by molar-refractivity contribution is 0.0567. The molecule has 130 valence electrons. The molecule has 3 heterocycles. The lowest BCUT2D eigenvalue weighted by Crippen LogP contribution is -2.40. The number of aryl methyl sites for hydroxylation is 2. The molecule has 1 saturated heterocycles. The van der Waals surface area contributed by atoms with Crippen molar-refractivity contribution in [2.24, 2.45) is 24.0 Å². The summed E-state index contributed by atoms with van der Waals surface area (Å²) in [5.41, 5.74) is 1.56. The number of likely N-dealkylation sites (tertiary alicyclic amines) is 1. The lowest BCUT2D eigenvalue weighted by Gasteiger charge is -2.31. The zero-order valence-electron chi connectivity index (χ0n) is 14.4. The fraction of sp³-hybridized carbons (Fsp3) is 0.706. The first-order valence-corrected chi connectivity index (χ1v) is 8.89. The van der Waals surface area contributed by atoms with Crippen LogP contribution in [0.15, 0.2) is 11.2 Å². The molecular formula is C17H25N5O2. The molecule has 1 saturated carbocycles. The number of carbonyl (C=O) groups is 1. The van der Waals surface area contributed by atoms with Crippen LogP contribution in [0.2, 0.25) is 0 Å². The van der Waals surface area contributed by atoms with E-state index in [0.717, 1.165) is 43.9 Å². The molecule has 1 amide bonds. The Labute approximate surface area is 142 Å². The molecule has 0 radical (unpaired) electrons. The smallest absolute Gasteiger partial charge is 0.274 e.